The molecule has 3 nitrogen and oxygen atoms in total. The van der Waals surface area contributed by atoms with Crippen LogP contribution in [0.2, 0.25) is 0 Å². The Balaban J connectivity index is 1.99. The normalized spacial score (nSPS) is 27.3. The lowest BCUT2D eigenvalue weighted by molar-refractivity contribution is -0.0143. The second kappa shape index (κ2) is 4.09. The molecule has 92 valence electrons. The number of benzene rings is 1. The molecule has 2 atom stereocenters. The molecule has 1 fully saturated rings. The summed E-state index contributed by atoms with van der Waals surface area (Å²) in [5, 5.41) is 14.3. The summed E-state index contributed by atoms with van der Waals surface area (Å²) in [5.74, 6) is 0.371. The van der Waals surface area contributed by atoms with Gasteiger partial charge in [-0.1, -0.05) is 24.3 Å². The highest BCUT2D eigenvalue weighted by Crippen LogP contribution is 2.46. The Morgan fingerprint density at radius 1 is 1.35 bits per heavy atom. The van der Waals surface area contributed by atoms with Crippen molar-refractivity contribution < 1.29 is 5.11 Å². The van der Waals surface area contributed by atoms with Crippen LogP contribution < -0.4 is 11.1 Å². The van der Waals surface area contributed by atoms with Gasteiger partial charge >= 0.3 is 0 Å². The Kier molecular flexibility index (Phi) is 2.69. The van der Waals surface area contributed by atoms with E-state index in [-0.39, 0.29) is 6.04 Å². The Bertz CT molecular complexity index is 416. The van der Waals surface area contributed by atoms with Gasteiger partial charge in [0.15, 0.2) is 0 Å². The predicted molar refractivity (Wildman–Crippen MR) is 67.6 cm³/mol. The Labute approximate surface area is 102 Å². The van der Waals surface area contributed by atoms with Gasteiger partial charge in [-0.05, 0) is 42.9 Å². The molecule has 1 aliphatic carbocycles. The summed E-state index contributed by atoms with van der Waals surface area (Å²) in [7, 11) is 0. The summed E-state index contributed by atoms with van der Waals surface area (Å²) in [5.41, 5.74) is 7.66. The van der Waals surface area contributed by atoms with E-state index in [1.807, 2.05) is 6.07 Å². The summed E-state index contributed by atoms with van der Waals surface area (Å²) in [6, 6.07) is 8.40. The second-order valence-corrected chi connectivity index (χ2v) is 5.31. The van der Waals surface area contributed by atoms with Crippen LogP contribution in [0.5, 0.6) is 0 Å². The van der Waals surface area contributed by atoms with E-state index in [4.69, 9.17) is 5.73 Å². The van der Waals surface area contributed by atoms with Crippen molar-refractivity contribution in [1.82, 2.24) is 5.32 Å². The number of hydrogen-bond acceptors (Lipinski definition) is 3. The van der Waals surface area contributed by atoms with E-state index in [0.717, 1.165) is 25.8 Å². The van der Waals surface area contributed by atoms with Crippen LogP contribution in [0.4, 0.5) is 0 Å². The van der Waals surface area contributed by atoms with Gasteiger partial charge in [0.25, 0.3) is 0 Å². The molecule has 0 amide bonds. The van der Waals surface area contributed by atoms with E-state index >= 15 is 0 Å². The molecule has 0 radical (unpaired) electrons. The molecule has 1 heterocycles. The summed E-state index contributed by atoms with van der Waals surface area (Å²) in [4.78, 5) is 0. The summed E-state index contributed by atoms with van der Waals surface area (Å²) >= 11 is 0. The quantitative estimate of drug-likeness (QED) is 0.728. The standard InChI is InChI=1S/C14H20N2O/c15-9-14(17,11-5-6-11)13-12-4-2-1-3-10(12)7-8-16-13/h1-4,11,13,16-17H,5-9,15H2. The first-order valence-electron chi connectivity index (χ1n) is 6.49. The molecule has 0 spiro atoms. The molecule has 3 heteroatoms. The van der Waals surface area contributed by atoms with Gasteiger partial charge in [-0.15, -0.1) is 0 Å². The van der Waals surface area contributed by atoms with E-state index in [0.29, 0.717) is 12.5 Å². The molecule has 3 rings (SSSR count). The van der Waals surface area contributed by atoms with E-state index < -0.39 is 5.60 Å². The fraction of sp³-hybridized carbons (Fsp3) is 0.571. The molecule has 1 aromatic rings. The van der Waals surface area contributed by atoms with Crippen molar-refractivity contribution in [3.63, 3.8) is 0 Å². The largest absolute Gasteiger partial charge is 0.386 e. The second-order valence-electron chi connectivity index (χ2n) is 5.31. The Morgan fingerprint density at radius 3 is 2.82 bits per heavy atom. The monoisotopic (exact) mass is 232 g/mol. The maximum absolute atomic E-state index is 10.8. The van der Waals surface area contributed by atoms with Crippen LogP contribution in [0.3, 0.4) is 0 Å². The number of nitrogens with one attached hydrogen (secondary N) is 1. The van der Waals surface area contributed by atoms with Crippen LogP contribution in [0, 0.1) is 5.92 Å². The Morgan fingerprint density at radius 2 is 2.12 bits per heavy atom. The van der Waals surface area contributed by atoms with E-state index in [2.05, 4.69) is 23.5 Å². The summed E-state index contributed by atoms with van der Waals surface area (Å²) in [6.45, 7) is 1.26. The summed E-state index contributed by atoms with van der Waals surface area (Å²) < 4.78 is 0. The van der Waals surface area contributed by atoms with E-state index in [9.17, 15) is 5.11 Å². The molecule has 2 unspecified atom stereocenters. The van der Waals surface area contributed by atoms with Gasteiger partial charge in [0.2, 0.25) is 0 Å². The van der Waals surface area contributed by atoms with Crippen molar-refractivity contribution in [2.75, 3.05) is 13.1 Å². The van der Waals surface area contributed by atoms with Gasteiger partial charge in [-0.3, -0.25) is 0 Å². The molecular weight excluding hydrogens is 212 g/mol. The van der Waals surface area contributed by atoms with Crippen LogP contribution >= 0.6 is 0 Å². The number of fused-ring (bicyclic) bond motifs is 1. The van der Waals surface area contributed by atoms with Crippen molar-refractivity contribution >= 4 is 0 Å². The first-order valence-corrected chi connectivity index (χ1v) is 6.49. The topological polar surface area (TPSA) is 58.3 Å². The highest BCUT2D eigenvalue weighted by molar-refractivity contribution is 5.35. The minimum atomic E-state index is -0.767. The van der Waals surface area contributed by atoms with Gasteiger partial charge in [-0.2, -0.15) is 0 Å². The SMILES string of the molecule is NCC(O)(C1CC1)C1NCCc2ccccc21. The number of hydrogen-bond donors (Lipinski definition) is 3. The smallest absolute Gasteiger partial charge is 0.0990 e. The molecule has 1 aliphatic heterocycles. The van der Waals surface area contributed by atoms with E-state index in [1.165, 1.54) is 11.1 Å². The number of nitrogens with two attached hydrogens (primary N) is 1. The van der Waals surface area contributed by atoms with Crippen molar-refractivity contribution in [1.29, 1.82) is 0 Å². The molecule has 0 bridgehead atoms. The number of rotatable bonds is 3. The Hall–Kier alpha value is -0.900. The lowest BCUT2D eigenvalue weighted by atomic mass is 9.80. The minimum absolute atomic E-state index is 0.00458. The van der Waals surface area contributed by atoms with Crippen molar-refractivity contribution in [3.8, 4) is 0 Å². The molecular formula is C14H20N2O. The lowest BCUT2D eigenvalue weighted by Gasteiger charge is -2.40. The van der Waals surface area contributed by atoms with Crippen molar-refractivity contribution in [3.05, 3.63) is 35.4 Å². The van der Waals surface area contributed by atoms with Crippen LogP contribution in [-0.4, -0.2) is 23.8 Å². The van der Waals surface area contributed by atoms with Gasteiger partial charge in [0.1, 0.15) is 0 Å². The molecule has 0 saturated heterocycles. The van der Waals surface area contributed by atoms with Crippen LogP contribution in [0.15, 0.2) is 24.3 Å². The first-order chi connectivity index (χ1) is 8.25. The van der Waals surface area contributed by atoms with Gasteiger partial charge < -0.3 is 16.2 Å². The predicted octanol–water partition coefficient (Wildman–Crippen LogP) is 0.973. The maximum Gasteiger partial charge on any atom is 0.0990 e. The van der Waals surface area contributed by atoms with E-state index in [1.54, 1.807) is 0 Å². The minimum Gasteiger partial charge on any atom is -0.386 e. The molecule has 2 aliphatic rings. The third kappa shape index (κ3) is 1.79. The first kappa shape index (κ1) is 11.2. The molecule has 4 N–H and O–H groups in total. The highest BCUT2D eigenvalue weighted by atomic mass is 16.3. The van der Waals surface area contributed by atoms with Gasteiger partial charge in [0, 0.05) is 6.54 Å². The lowest BCUT2D eigenvalue weighted by Crippen LogP contribution is -2.53. The molecule has 1 saturated carbocycles. The fourth-order valence-corrected chi connectivity index (χ4v) is 3.05. The van der Waals surface area contributed by atoms with Crippen LogP contribution in [0.1, 0.15) is 30.0 Å². The van der Waals surface area contributed by atoms with Crippen LogP contribution in [0.25, 0.3) is 0 Å². The zero-order valence-electron chi connectivity index (χ0n) is 10.0. The molecule has 17 heavy (non-hydrogen) atoms. The zero-order chi connectivity index (χ0) is 11.9. The molecule has 0 aromatic heterocycles. The van der Waals surface area contributed by atoms with Gasteiger partial charge in [-0.25, -0.2) is 0 Å². The molecule has 1 aromatic carbocycles. The van der Waals surface area contributed by atoms with Crippen molar-refractivity contribution in [2.45, 2.75) is 30.9 Å². The zero-order valence-corrected chi connectivity index (χ0v) is 10.0. The van der Waals surface area contributed by atoms with Crippen molar-refractivity contribution in [2.24, 2.45) is 11.7 Å². The third-order valence-electron chi connectivity index (χ3n) is 4.22. The van der Waals surface area contributed by atoms with Gasteiger partial charge in [0.05, 0.1) is 11.6 Å². The average Bonchev–Trinajstić information content (AvgIpc) is 3.22. The number of aliphatic hydroxyl groups is 1. The summed E-state index contributed by atoms with van der Waals surface area (Å²) in [6.07, 6.45) is 3.25. The third-order valence-corrected chi connectivity index (χ3v) is 4.22. The maximum atomic E-state index is 10.8. The average molecular weight is 232 g/mol. The van der Waals surface area contributed by atoms with Crippen LogP contribution in [-0.2, 0) is 6.42 Å². The highest BCUT2D eigenvalue weighted by Gasteiger charge is 2.49. The fourth-order valence-electron chi connectivity index (χ4n) is 3.05.